The second-order valence-corrected chi connectivity index (χ2v) is 7.25. The van der Waals surface area contributed by atoms with Crippen molar-refractivity contribution in [2.75, 3.05) is 23.3 Å². The minimum absolute atomic E-state index is 0.299. The second-order valence-electron chi connectivity index (χ2n) is 4.85. The van der Waals surface area contributed by atoms with Crippen LogP contribution in [0.2, 0.25) is 0 Å². The summed E-state index contributed by atoms with van der Waals surface area (Å²) < 4.78 is 23.5. The maximum Gasteiger partial charge on any atom is 0.154 e. The Hall–Kier alpha value is -1.37. The molecule has 0 bridgehead atoms. The topological polar surface area (TPSA) is 98.0 Å². The van der Waals surface area contributed by atoms with Crippen molar-refractivity contribution in [3.8, 4) is 0 Å². The molecule has 1 unspecified atom stereocenters. The number of hydrogen-bond donors (Lipinski definition) is 2. The fourth-order valence-electron chi connectivity index (χ4n) is 2.37. The van der Waals surface area contributed by atoms with E-state index in [1.54, 1.807) is 0 Å². The molecule has 6 nitrogen and oxygen atoms in total. The molecule has 0 radical (unpaired) electrons. The Bertz CT molecular complexity index is 545. The minimum atomic E-state index is -2.93. The smallest absolute Gasteiger partial charge is 0.154 e. The first-order valence-electron chi connectivity index (χ1n) is 6.59. The van der Waals surface area contributed by atoms with Gasteiger partial charge in [0.25, 0.3) is 0 Å². The van der Waals surface area contributed by atoms with Crippen molar-refractivity contribution < 1.29 is 8.42 Å². The summed E-state index contributed by atoms with van der Waals surface area (Å²) in [7, 11) is -2.93. The molecule has 1 aliphatic heterocycles. The fraction of sp³-hybridized carbons (Fsp3) is 0.667. The third-order valence-corrected chi connectivity index (χ3v) is 5.71. The first kappa shape index (κ1) is 14.0. The lowest BCUT2D eigenvalue weighted by atomic mass is 10.1. The van der Waals surface area contributed by atoms with E-state index in [1.165, 1.54) is 6.33 Å². The van der Waals surface area contributed by atoms with Crippen molar-refractivity contribution >= 4 is 21.5 Å². The maximum absolute atomic E-state index is 11.8. The Morgan fingerprint density at radius 2 is 2.26 bits per heavy atom. The van der Waals surface area contributed by atoms with Gasteiger partial charge in [-0.3, -0.25) is 0 Å². The number of nitrogens with two attached hydrogens (primary N) is 1. The lowest BCUT2D eigenvalue weighted by Gasteiger charge is -2.14. The maximum atomic E-state index is 11.8. The van der Waals surface area contributed by atoms with Gasteiger partial charge in [-0.05, 0) is 19.3 Å². The molecule has 1 aromatic rings. The Kier molecular flexibility index (Phi) is 4.24. The van der Waals surface area contributed by atoms with Crippen LogP contribution in [0.5, 0.6) is 0 Å². The van der Waals surface area contributed by atoms with Crippen molar-refractivity contribution in [1.29, 1.82) is 0 Å². The van der Waals surface area contributed by atoms with Crippen LogP contribution in [-0.4, -0.2) is 35.9 Å². The number of nitrogens with one attached hydrogen (secondary N) is 1. The van der Waals surface area contributed by atoms with Gasteiger partial charge in [0.05, 0.1) is 11.0 Å². The molecule has 106 valence electrons. The molecule has 7 heteroatoms. The summed E-state index contributed by atoms with van der Waals surface area (Å²) in [4.78, 5) is 8.14. The zero-order valence-corrected chi connectivity index (χ0v) is 11.9. The van der Waals surface area contributed by atoms with E-state index in [0.717, 1.165) is 31.2 Å². The molecule has 1 fully saturated rings. The number of anilines is 2. The SMILES string of the molecule is CCCc1c(N)ncnc1NCC1CCCS1(=O)=O. The quantitative estimate of drug-likeness (QED) is 0.837. The van der Waals surface area contributed by atoms with Gasteiger partial charge < -0.3 is 11.1 Å². The van der Waals surface area contributed by atoms with Gasteiger partial charge in [0.1, 0.15) is 18.0 Å². The van der Waals surface area contributed by atoms with Gasteiger partial charge in [-0.25, -0.2) is 18.4 Å². The van der Waals surface area contributed by atoms with E-state index < -0.39 is 9.84 Å². The van der Waals surface area contributed by atoms with E-state index in [0.29, 0.717) is 23.9 Å². The summed E-state index contributed by atoms with van der Waals surface area (Å²) in [6.45, 7) is 2.45. The van der Waals surface area contributed by atoms with Crippen LogP contribution in [0.4, 0.5) is 11.6 Å². The molecule has 1 saturated heterocycles. The van der Waals surface area contributed by atoms with Crippen LogP contribution in [0.25, 0.3) is 0 Å². The Balaban J connectivity index is 2.09. The second kappa shape index (κ2) is 5.73. The van der Waals surface area contributed by atoms with Crippen LogP contribution in [0, 0.1) is 0 Å². The van der Waals surface area contributed by atoms with E-state index in [2.05, 4.69) is 22.2 Å². The van der Waals surface area contributed by atoms with Gasteiger partial charge >= 0.3 is 0 Å². The van der Waals surface area contributed by atoms with Crippen molar-refractivity contribution in [3.05, 3.63) is 11.9 Å². The third kappa shape index (κ3) is 3.15. The number of nitrogens with zero attached hydrogens (tertiary/aromatic N) is 2. The Labute approximate surface area is 113 Å². The van der Waals surface area contributed by atoms with Gasteiger partial charge in [0.2, 0.25) is 0 Å². The number of sulfone groups is 1. The van der Waals surface area contributed by atoms with E-state index in [9.17, 15) is 8.42 Å². The average Bonchev–Trinajstić information content (AvgIpc) is 2.69. The zero-order valence-electron chi connectivity index (χ0n) is 11.1. The largest absolute Gasteiger partial charge is 0.383 e. The van der Waals surface area contributed by atoms with Crippen LogP contribution in [0.3, 0.4) is 0 Å². The molecule has 0 saturated carbocycles. The molecule has 1 aromatic heterocycles. The highest BCUT2D eigenvalue weighted by Gasteiger charge is 2.31. The van der Waals surface area contributed by atoms with Gasteiger partial charge in [-0.1, -0.05) is 13.3 Å². The Morgan fingerprint density at radius 1 is 1.47 bits per heavy atom. The van der Waals surface area contributed by atoms with Crippen LogP contribution < -0.4 is 11.1 Å². The number of rotatable bonds is 5. The molecule has 1 aliphatic rings. The predicted octanol–water partition coefficient (Wildman–Crippen LogP) is 1.00. The normalized spacial score (nSPS) is 21.4. The molecule has 2 heterocycles. The van der Waals surface area contributed by atoms with Crippen LogP contribution >= 0.6 is 0 Å². The van der Waals surface area contributed by atoms with E-state index >= 15 is 0 Å². The molecule has 0 aromatic carbocycles. The summed E-state index contributed by atoms with van der Waals surface area (Å²) in [6.07, 6.45) is 4.60. The third-order valence-electron chi connectivity index (χ3n) is 3.44. The van der Waals surface area contributed by atoms with Gasteiger partial charge in [0.15, 0.2) is 9.84 Å². The van der Waals surface area contributed by atoms with Crippen LogP contribution in [0.1, 0.15) is 31.7 Å². The monoisotopic (exact) mass is 284 g/mol. The molecule has 0 aliphatic carbocycles. The highest BCUT2D eigenvalue weighted by atomic mass is 32.2. The summed E-state index contributed by atoms with van der Waals surface area (Å²) in [5.74, 6) is 1.43. The summed E-state index contributed by atoms with van der Waals surface area (Å²) in [5.41, 5.74) is 6.71. The molecule has 0 spiro atoms. The van der Waals surface area contributed by atoms with E-state index in [-0.39, 0.29) is 5.25 Å². The highest BCUT2D eigenvalue weighted by molar-refractivity contribution is 7.92. The van der Waals surface area contributed by atoms with Crippen LogP contribution in [-0.2, 0) is 16.3 Å². The highest BCUT2D eigenvalue weighted by Crippen LogP contribution is 2.23. The Morgan fingerprint density at radius 3 is 2.89 bits per heavy atom. The van der Waals surface area contributed by atoms with Crippen LogP contribution in [0.15, 0.2) is 6.33 Å². The van der Waals surface area contributed by atoms with Crippen molar-refractivity contribution in [3.63, 3.8) is 0 Å². The lowest BCUT2D eigenvalue weighted by Crippen LogP contribution is -2.26. The summed E-state index contributed by atoms with van der Waals surface area (Å²) >= 11 is 0. The lowest BCUT2D eigenvalue weighted by molar-refractivity contribution is 0.591. The van der Waals surface area contributed by atoms with Gasteiger partial charge in [0, 0.05) is 12.1 Å². The summed E-state index contributed by atoms with van der Waals surface area (Å²) in [5, 5.41) is 2.82. The summed E-state index contributed by atoms with van der Waals surface area (Å²) in [6, 6.07) is 0. The molecule has 19 heavy (non-hydrogen) atoms. The minimum Gasteiger partial charge on any atom is -0.383 e. The standard InChI is InChI=1S/C12H20N4O2S/c1-2-4-10-11(13)15-8-16-12(10)14-7-9-5-3-6-19(9,17)18/h8-9H,2-7H2,1H3,(H3,13,14,15,16). The predicted molar refractivity (Wildman–Crippen MR) is 75.7 cm³/mol. The zero-order chi connectivity index (χ0) is 13.9. The first-order chi connectivity index (χ1) is 9.04. The molecular weight excluding hydrogens is 264 g/mol. The van der Waals surface area contributed by atoms with Gasteiger partial charge in [-0.15, -0.1) is 0 Å². The molecule has 2 rings (SSSR count). The van der Waals surface area contributed by atoms with E-state index in [1.807, 2.05) is 0 Å². The molecule has 0 amide bonds. The van der Waals surface area contributed by atoms with Crippen molar-refractivity contribution in [2.45, 2.75) is 37.9 Å². The number of hydrogen-bond acceptors (Lipinski definition) is 6. The first-order valence-corrected chi connectivity index (χ1v) is 8.31. The average molecular weight is 284 g/mol. The van der Waals surface area contributed by atoms with Gasteiger partial charge in [-0.2, -0.15) is 0 Å². The molecule has 3 N–H and O–H groups in total. The number of aromatic nitrogens is 2. The van der Waals surface area contributed by atoms with Crippen molar-refractivity contribution in [2.24, 2.45) is 0 Å². The number of nitrogen functional groups attached to an aromatic ring is 1. The molecule has 1 atom stereocenters. The van der Waals surface area contributed by atoms with E-state index in [4.69, 9.17) is 5.73 Å². The fourth-order valence-corrected chi connectivity index (χ4v) is 4.14. The van der Waals surface area contributed by atoms with Crippen molar-refractivity contribution in [1.82, 2.24) is 9.97 Å². The molecular formula is C12H20N4O2S.